The maximum Gasteiger partial charge on any atom is 0.168 e. The molecule has 0 saturated heterocycles. The fraction of sp³-hybridized carbons (Fsp3) is 0.462. The van der Waals surface area contributed by atoms with Gasteiger partial charge in [-0.05, 0) is 13.3 Å². The number of thioether (sulfide) groups is 1. The fourth-order valence-electron chi connectivity index (χ4n) is 1.66. The van der Waals surface area contributed by atoms with Crippen molar-refractivity contribution in [3.05, 3.63) is 30.0 Å². The van der Waals surface area contributed by atoms with Gasteiger partial charge in [-0.2, -0.15) is 0 Å². The predicted octanol–water partition coefficient (Wildman–Crippen LogP) is 2.63. The first kappa shape index (κ1) is 13.9. The molecule has 2 heterocycles. The van der Waals surface area contributed by atoms with Gasteiger partial charge < -0.3 is 9.88 Å². The van der Waals surface area contributed by atoms with Crippen LogP contribution >= 0.6 is 11.8 Å². The number of anilines is 1. The van der Waals surface area contributed by atoms with E-state index in [1.165, 1.54) is 0 Å². The second kappa shape index (κ2) is 6.56. The monoisotopic (exact) mass is 277 g/mol. The van der Waals surface area contributed by atoms with Crippen molar-refractivity contribution in [2.75, 3.05) is 11.9 Å². The molecule has 0 atom stereocenters. The SMILES string of the molecule is CCCNc1cc(C)nc(CSc2nccn2C)n1. The largest absolute Gasteiger partial charge is 0.370 e. The molecule has 19 heavy (non-hydrogen) atoms. The molecular formula is C13H19N5S. The molecule has 0 spiro atoms. The zero-order valence-electron chi connectivity index (χ0n) is 11.6. The molecule has 0 fully saturated rings. The predicted molar refractivity (Wildman–Crippen MR) is 78.3 cm³/mol. The smallest absolute Gasteiger partial charge is 0.168 e. The molecule has 0 saturated carbocycles. The van der Waals surface area contributed by atoms with Crippen molar-refractivity contribution in [1.29, 1.82) is 0 Å². The van der Waals surface area contributed by atoms with Crippen LogP contribution < -0.4 is 5.32 Å². The van der Waals surface area contributed by atoms with Crippen molar-refractivity contribution in [2.24, 2.45) is 7.05 Å². The summed E-state index contributed by atoms with van der Waals surface area (Å²) in [6.45, 7) is 5.06. The van der Waals surface area contributed by atoms with Crippen LogP contribution in [-0.2, 0) is 12.8 Å². The van der Waals surface area contributed by atoms with E-state index in [9.17, 15) is 0 Å². The lowest BCUT2D eigenvalue weighted by Gasteiger charge is -2.07. The van der Waals surface area contributed by atoms with Crippen LogP contribution in [0, 0.1) is 6.92 Å². The van der Waals surface area contributed by atoms with E-state index in [1.807, 2.05) is 30.8 Å². The minimum Gasteiger partial charge on any atom is -0.370 e. The number of rotatable bonds is 6. The molecule has 6 heteroatoms. The fourth-order valence-corrected chi connectivity index (χ4v) is 2.45. The summed E-state index contributed by atoms with van der Waals surface area (Å²) in [5.74, 6) is 2.48. The number of imidazole rings is 1. The Bertz CT molecular complexity index is 538. The van der Waals surface area contributed by atoms with Crippen molar-refractivity contribution in [3.8, 4) is 0 Å². The normalized spacial score (nSPS) is 10.7. The Kier molecular flexibility index (Phi) is 4.79. The molecule has 1 N–H and O–H groups in total. The van der Waals surface area contributed by atoms with Gasteiger partial charge in [0.1, 0.15) is 11.6 Å². The summed E-state index contributed by atoms with van der Waals surface area (Å²) in [7, 11) is 1.99. The highest BCUT2D eigenvalue weighted by Crippen LogP contribution is 2.19. The molecular weight excluding hydrogens is 258 g/mol. The van der Waals surface area contributed by atoms with Gasteiger partial charge in [-0.3, -0.25) is 0 Å². The van der Waals surface area contributed by atoms with Gasteiger partial charge >= 0.3 is 0 Å². The molecule has 0 radical (unpaired) electrons. The van der Waals surface area contributed by atoms with E-state index in [2.05, 4.69) is 27.2 Å². The number of aromatic nitrogens is 4. The minimum atomic E-state index is 0.730. The highest BCUT2D eigenvalue weighted by Gasteiger charge is 2.05. The van der Waals surface area contributed by atoms with Crippen LogP contribution in [0.25, 0.3) is 0 Å². The van der Waals surface area contributed by atoms with Gasteiger partial charge in [0, 0.05) is 37.7 Å². The molecule has 0 unspecified atom stereocenters. The van der Waals surface area contributed by atoms with Crippen molar-refractivity contribution < 1.29 is 0 Å². The third-order valence-electron chi connectivity index (χ3n) is 2.56. The van der Waals surface area contributed by atoms with Gasteiger partial charge in [-0.15, -0.1) is 0 Å². The molecule has 0 aliphatic heterocycles. The van der Waals surface area contributed by atoms with E-state index in [1.54, 1.807) is 18.0 Å². The molecule has 2 rings (SSSR count). The summed E-state index contributed by atoms with van der Waals surface area (Å²) >= 11 is 1.65. The van der Waals surface area contributed by atoms with E-state index < -0.39 is 0 Å². The van der Waals surface area contributed by atoms with E-state index in [-0.39, 0.29) is 0 Å². The van der Waals surface area contributed by atoms with Gasteiger partial charge in [0.2, 0.25) is 0 Å². The van der Waals surface area contributed by atoms with E-state index in [0.717, 1.165) is 41.2 Å². The zero-order chi connectivity index (χ0) is 13.7. The summed E-state index contributed by atoms with van der Waals surface area (Å²) in [5, 5.41) is 4.28. The summed E-state index contributed by atoms with van der Waals surface area (Å²) in [6, 6.07) is 1.98. The van der Waals surface area contributed by atoms with Gasteiger partial charge in [-0.1, -0.05) is 18.7 Å². The van der Waals surface area contributed by atoms with Crippen LogP contribution in [0.2, 0.25) is 0 Å². The molecule has 0 aliphatic rings. The topological polar surface area (TPSA) is 55.6 Å². The third-order valence-corrected chi connectivity index (χ3v) is 3.62. The Hall–Kier alpha value is -1.56. The van der Waals surface area contributed by atoms with Crippen LogP contribution in [0.1, 0.15) is 24.9 Å². The number of nitrogens with zero attached hydrogens (tertiary/aromatic N) is 4. The Labute approximate surface area is 117 Å². The van der Waals surface area contributed by atoms with Gasteiger partial charge in [-0.25, -0.2) is 15.0 Å². The van der Waals surface area contributed by atoms with Crippen LogP contribution in [0.3, 0.4) is 0 Å². The maximum atomic E-state index is 4.52. The first-order valence-corrected chi connectivity index (χ1v) is 7.36. The second-order valence-electron chi connectivity index (χ2n) is 4.35. The van der Waals surface area contributed by atoms with Crippen LogP contribution in [-0.4, -0.2) is 26.1 Å². The van der Waals surface area contributed by atoms with Crippen molar-refractivity contribution in [3.63, 3.8) is 0 Å². The maximum absolute atomic E-state index is 4.52. The van der Waals surface area contributed by atoms with Crippen LogP contribution in [0.15, 0.2) is 23.6 Å². The van der Waals surface area contributed by atoms with Gasteiger partial charge in [0.25, 0.3) is 0 Å². The van der Waals surface area contributed by atoms with Crippen molar-refractivity contribution in [2.45, 2.75) is 31.2 Å². The number of aryl methyl sites for hydroxylation is 2. The number of nitrogens with one attached hydrogen (secondary N) is 1. The number of hydrogen-bond donors (Lipinski definition) is 1. The molecule has 5 nitrogen and oxygen atoms in total. The van der Waals surface area contributed by atoms with Crippen molar-refractivity contribution in [1.82, 2.24) is 19.5 Å². The highest BCUT2D eigenvalue weighted by molar-refractivity contribution is 7.98. The first-order chi connectivity index (χ1) is 9.19. The van der Waals surface area contributed by atoms with Crippen LogP contribution in [0.4, 0.5) is 5.82 Å². The lowest BCUT2D eigenvalue weighted by atomic mass is 10.4. The number of hydrogen-bond acceptors (Lipinski definition) is 5. The summed E-state index contributed by atoms with van der Waals surface area (Å²) in [5.41, 5.74) is 0.990. The first-order valence-electron chi connectivity index (χ1n) is 6.37. The average Bonchev–Trinajstić information content (AvgIpc) is 2.79. The Balaban J connectivity index is 2.03. The summed E-state index contributed by atoms with van der Waals surface area (Å²) in [4.78, 5) is 13.3. The lowest BCUT2D eigenvalue weighted by Crippen LogP contribution is -2.05. The molecule has 0 aliphatic carbocycles. The Morgan fingerprint density at radius 3 is 2.89 bits per heavy atom. The van der Waals surface area contributed by atoms with Crippen molar-refractivity contribution >= 4 is 17.6 Å². The zero-order valence-corrected chi connectivity index (χ0v) is 12.4. The summed E-state index contributed by atoms with van der Waals surface area (Å²) < 4.78 is 2.00. The molecule has 2 aromatic rings. The molecule has 0 bridgehead atoms. The van der Waals surface area contributed by atoms with E-state index in [4.69, 9.17) is 0 Å². The Morgan fingerprint density at radius 2 is 2.21 bits per heavy atom. The van der Waals surface area contributed by atoms with Crippen LogP contribution in [0.5, 0.6) is 0 Å². The summed E-state index contributed by atoms with van der Waals surface area (Å²) in [6.07, 6.45) is 4.82. The second-order valence-corrected chi connectivity index (χ2v) is 5.29. The molecule has 102 valence electrons. The Morgan fingerprint density at radius 1 is 1.37 bits per heavy atom. The molecule has 0 amide bonds. The highest BCUT2D eigenvalue weighted by atomic mass is 32.2. The standard InChI is InChI=1S/C13H19N5S/c1-4-5-14-11-8-10(2)16-12(17-11)9-19-13-15-6-7-18(13)3/h6-8H,4-5,9H2,1-3H3,(H,14,16,17). The quantitative estimate of drug-likeness (QED) is 0.823. The average molecular weight is 277 g/mol. The van der Waals surface area contributed by atoms with E-state index in [0.29, 0.717) is 0 Å². The van der Waals surface area contributed by atoms with E-state index >= 15 is 0 Å². The van der Waals surface area contributed by atoms with Gasteiger partial charge in [0.15, 0.2) is 5.16 Å². The van der Waals surface area contributed by atoms with Gasteiger partial charge in [0.05, 0.1) is 5.75 Å². The minimum absolute atomic E-state index is 0.730. The third kappa shape index (κ3) is 3.96. The lowest BCUT2D eigenvalue weighted by molar-refractivity contribution is 0.789. The molecule has 0 aromatic carbocycles. The molecule has 2 aromatic heterocycles.